The van der Waals surface area contributed by atoms with E-state index in [9.17, 15) is 0 Å². The molecule has 0 spiro atoms. The molecule has 1 fully saturated rings. The van der Waals surface area contributed by atoms with Gasteiger partial charge in [-0.1, -0.05) is 42.5 Å². The first-order valence-corrected chi connectivity index (χ1v) is 7.07. The molecule has 0 radical (unpaired) electrons. The Morgan fingerprint density at radius 3 is 2.53 bits per heavy atom. The number of hydrogen-bond acceptors (Lipinski definition) is 2. The molecule has 1 saturated carbocycles. The Bertz CT molecular complexity index is 330. The summed E-state index contributed by atoms with van der Waals surface area (Å²) in [5.74, 6) is 0. The summed E-state index contributed by atoms with van der Waals surface area (Å²) in [5.41, 5.74) is 6.26. The van der Waals surface area contributed by atoms with Gasteiger partial charge in [-0.05, 0) is 25.5 Å². The van der Waals surface area contributed by atoms with Crippen LogP contribution in [-0.2, 0) is 0 Å². The first-order chi connectivity index (χ1) is 8.13. The van der Waals surface area contributed by atoms with Gasteiger partial charge in [0.1, 0.15) is 0 Å². The van der Waals surface area contributed by atoms with Crippen molar-refractivity contribution in [2.24, 2.45) is 11.1 Å². The smallest absolute Gasteiger partial charge is 0.0576 e. The zero-order chi connectivity index (χ0) is 12.3. The molecule has 1 heterocycles. The molecule has 0 saturated heterocycles. The first kappa shape index (κ1) is 13.3. The molecule has 0 amide bonds. The van der Waals surface area contributed by atoms with Crippen LogP contribution in [0.5, 0.6) is 0 Å². The highest BCUT2D eigenvalue weighted by Crippen LogP contribution is 2.37. The molecule has 0 aromatic rings. The summed E-state index contributed by atoms with van der Waals surface area (Å²) in [7, 11) is 0. The standard InChI is InChI=1S/C13H20Cl2N2/c14-11-6-12(15)8-17(7-11)10-13(9-16)4-2-1-3-5-13/h6-7H,1-5,8-10,16H2. The minimum Gasteiger partial charge on any atom is -0.370 e. The Morgan fingerprint density at radius 2 is 1.94 bits per heavy atom. The van der Waals surface area contributed by atoms with Gasteiger partial charge in [-0.2, -0.15) is 0 Å². The summed E-state index contributed by atoms with van der Waals surface area (Å²) in [5, 5.41) is 1.52. The summed E-state index contributed by atoms with van der Waals surface area (Å²) >= 11 is 12.1. The highest BCUT2D eigenvalue weighted by atomic mass is 35.5. The third kappa shape index (κ3) is 3.40. The summed E-state index contributed by atoms with van der Waals surface area (Å²) in [4.78, 5) is 2.21. The average molecular weight is 275 g/mol. The van der Waals surface area contributed by atoms with Crippen molar-refractivity contribution in [3.8, 4) is 0 Å². The van der Waals surface area contributed by atoms with E-state index in [1.807, 2.05) is 12.3 Å². The SMILES string of the molecule is NCC1(CN2C=C(Cl)C=C(Cl)C2)CCCCC1. The molecule has 2 rings (SSSR count). The van der Waals surface area contributed by atoms with E-state index in [2.05, 4.69) is 4.90 Å². The van der Waals surface area contributed by atoms with Crippen LogP contribution in [0.2, 0.25) is 0 Å². The number of nitrogens with zero attached hydrogens (tertiary/aromatic N) is 1. The molecular formula is C13H20Cl2N2. The maximum absolute atomic E-state index is 6.08. The predicted octanol–water partition coefficient (Wildman–Crippen LogP) is 3.41. The molecule has 1 aliphatic carbocycles. The highest BCUT2D eigenvalue weighted by Gasteiger charge is 2.32. The zero-order valence-corrected chi connectivity index (χ0v) is 11.6. The van der Waals surface area contributed by atoms with Gasteiger partial charge in [0.15, 0.2) is 0 Å². The predicted molar refractivity (Wildman–Crippen MR) is 74.0 cm³/mol. The minimum atomic E-state index is 0.264. The molecule has 96 valence electrons. The first-order valence-electron chi connectivity index (χ1n) is 6.31. The van der Waals surface area contributed by atoms with Crippen LogP contribution < -0.4 is 5.73 Å². The molecule has 2 N–H and O–H groups in total. The maximum Gasteiger partial charge on any atom is 0.0576 e. The summed E-state index contributed by atoms with van der Waals surface area (Å²) in [6, 6.07) is 0. The monoisotopic (exact) mass is 274 g/mol. The van der Waals surface area contributed by atoms with Gasteiger partial charge in [0, 0.05) is 23.2 Å². The van der Waals surface area contributed by atoms with Crippen molar-refractivity contribution in [2.45, 2.75) is 32.1 Å². The Hall–Kier alpha value is -0.180. The number of rotatable bonds is 3. The van der Waals surface area contributed by atoms with Crippen molar-refractivity contribution >= 4 is 23.2 Å². The third-order valence-corrected chi connectivity index (χ3v) is 4.28. The Balaban J connectivity index is 2.02. The highest BCUT2D eigenvalue weighted by molar-refractivity contribution is 6.35. The van der Waals surface area contributed by atoms with Crippen LogP contribution >= 0.6 is 23.2 Å². The lowest BCUT2D eigenvalue weighted by Crippen LogP contribution is -2.43. The van der Waals surface area contributed by atoms with Crippen LogP contribution in [0.15, 0.2) is 22.3 Å². The topological polar surface area (TPSA) is 29.3 Å². The van der Waals surface area contributed by atoms with Gasteiger partial charge in [-0.3, -0.25) is 0 Å². The van der Waals surface area contributed by atoms with Crippen LogP contribution in [0.25, 0.3) is 0 Å². The minimum absolute atomic E-state index is 0.264. The number of halogens is 2. The fourth-order valence-electron chi connectivity index (χ4n) is 2.91. The van der Waals surface area contributed by atoms with Gasteiger partial charge in [-0.25, -0.2) is 0 Å². The van der Waals surface area contributed by atoms with Gasteiger partial charge in [0.05, 0.1) is 11.6 Å². The van der Waals surface area contributed by atoms with E-state index in [4.69, 9.17) is 28.9 Å². The van der Waals surface area contributed by atoms with Crippen LogP contribution in [-0.4, -0.2) is 24.5 Å². The molecule has 2 aliphatic rings. The number of allylic oxidation sites excluding steroid dienone is 2. The molecule has 4 heteroatoms. The van der Waals surface area contributed by atoms with Crippen molar-refractivity contribution in [2.75, 3.05) is 19.6 Å². The molecule has 1 aliphatic heterocycles. The quantitative estimate of drug-likeness (QED) is 0.855. The Labute approximate surface area is 113 Å². The van der Waals surface area contributed by atoms with E-state index in [1.165, 1.54) is 32.1 Å². The lowest BCUT2D eigenvalue weighted by molar-refractivity contribution is 0.144. The fourth-order valence-corrected chi connectivity index (χ4v) is 3.50. The van der Waals surface area contributed by atoms with E-state index in [0.717, 1.165) is 24.7 Å². The van der Waals surface area contributed by atoms with Crippen LogP contribution in [0.4, 0.5) is 0 Å². The largest absolute Gasteiger partial charge is 0.370 e. The van der Waals surface area contributed by atoms with Crippen molar-refractivity contribution < 1.29 is 0 Å². The second-order valence-electron chi connectivity index (χ2n) is 5.27. The van der Waals surface area contributed by atoms with Gasteiger partial charge < -0.3 is 10.6 Å². The molecule has 17 heavy (non-hydrogen) atoms. The molecule has 0 bridgehead atoms. The summed E-state index contributed by atoms with van der Waals surface area (Å²) in [6.07, 6.45) is 10.2. The normalized spacial score (nSPS) is 24.3. The van der Waals surface area contributed by atoms with Crippen molar-refractivity contribution in [3.63, 3.8) is 0 Å². The number of nitrogens with two attached hydrogens (primary N) is 1. The van der Waals surface area contributed by atoms with Crippen LogP contribution in [0.3, 0.4) is 0 Å². The third-order valence-electron chi connectivity index (χ3n) is 3.84. The van der Waals surface area contributed by atoms with Crippen molar-refractivity contribution in [1.29, 1.82) is 0 Å². The van der Waals surface area contributed by atoms with Gasteiger partial charge in [0.2, 0.25) is 0 Å². The number of hydrogen-bond donors (Lipinski definition) is 1. The second kappa shape index (κ2) is 5.64. The second-order valence-corrected chi connectivity index (χ2v) is 6.20. The van der Waals surface area contributed by atoms with E-state index in [0.29, 0.717) is 5.03 Å². The van der Waals surface area contributed by atoms with E-state index in [-0.39, 0.29) is 5.41 Å². The Morgan fingerprint density at radius 1 is 1.24 bits per heavy atom. The maximum atomic E-state index is 6.08. The van der Waals surface area contributed by atoms with Gasteiger partial charge >= 0.3 is 0 Å². The molecule has 0 unspecified atom stereocenters. The average Bonchev–Trinajstić information content (AvgIpc) is 2.29. The lowest BCUT2D eigenvalue weighted by Gasteiger charge is -2.40. The summed E-state index contributed by atoms with van der Waals surface area (Å²) < 4.78 is 0. The van der Waals surface area contributed by atoms with Crippen molar-refractivity contribution in [3.05, 3.63) is 22.3 Å². The summed E-state index contributed by atoms with van der Waals surface area (Å²) in [6.45, 7) is 2.50. The molecule has 2 nitrogen and oxygen atoms in total. The molecule has 0 atom stereocenters. The van der Waals surface area contributed by atoms with E-state index >= 15 is 0 Å². The van der Waals surface area contributed by atoms with E-state index in [1.54, 1.807) is 0 Å². The van der Waals surface area contributed by atoms with Crippen LogP contribution in [0, 0.1) is 5.41 Å². The molecule has 0 aromatic heterocycles. The molecule has 0 aromatic carbocycles. The Kier molecular flexibility index (Phi) is 4.40. The van der Waals surface area contributed by atoms with Gasteiger partial charge in [-0.15, -0.1) is 0 Å². The van der Waals surface area contributed by atoms with Crippen LogP contribution in [0.1, 0.15) is 32.1 Å². The fraction of sp³-hybridized carbons (Fsp3) is 0.692. The lowest BCUT2D eigenvalue weighted by atomic mass is 9.73. The van der Waals surface area contributed by atoms with Gasteiger partial charge in [0.25, 0.3) is 0 Å². The van der Waals surface area contributed by atoms with E-state index < -0.39 is 0 Å². The molecular weight excluding hydrogens is 255 g/mol. The zero-order valence-electron chi connectivity index (χ0n) is 10.1. The van der Waals surface area contributed by atoms with Crippen molar-refractivity contribution in [1.82, 2.24) is 4.90 Å².